The van der Waals surface area contributed by atoms with Gasteiger partial charge < -0.3 is 15.4 Å². The Morgan fingerprint density at radius 2 is 1.92 bits per heavy atom. The molecule has 1 fully saturated rings. The maximum atomic E-state index is 12.8. The lowest BCUT2D eigenvalue weighted by molar-refractivity contribution is -0.170. The van der Waals surface area contributed by atoms with Crippen molar-refractivity contribution < 1.29 is 27.5 Å². The van der Waals surface area contributed by atoms with E-state index in [-0.39, 0.29) is 0 Å². The molecule has 7 nitrogen and oxygen atoms in total. The number of alkyl halides is 3. The standard InChI is InChI=1S/C14H17F3N4O3/c1-24-10-4-2-9(3-5-10)19-20-12(22)11-6-8(14(15,16)17)7-21(11)13(18)23/h2-5,8,11,19H,6-7H2,1H3,(H2,18,23)(H,20,22). The Bertz CT molecular complexity index is 606. The number of urea groups is 1. The number of amides is 3. The minimum Gasteiger partial charge on any atom is -0.497 e. The molecule has 1 aromatic rings. The van der Waals surface area contributed by atoms with Crippen molar-refractivity contribution >= 4 is 17.6 Å². The van der Waals surface area contributed by atoms with E-state index in [0.717, 1.165) is 4.90 Å². The summed E-state index contributed by atoms with van der Waals surface area (Å²) in [5.74, 6) is -1.94. The molecule has 0 aromatic heterocycles. The fourth-order valence-electron chi connectivity index (χ4n) is 2.46. The summed E-state index contributed by atoms with van der Waals surface area (Å²) in [4.78, 5) is 24.1. The Morgan fingerprint density at radius 3 is 2.42 bits per heavy atom. The highest BCUT2D eigenvalue weighted by molar-refractivity contribution is 5.88. The molecule has 3 amide bonds. The first-order valence-corrected chi connectivity index (χ1v) is 7.05. The van der Waals surface area contributed by atoms with Gasteiger partial charge in [0, 0.05) is 6.54 Å². The van der Waals surface area contributed by atoms with Crippen molar-refractivity contribution in [1.29, 1.82) is 0 Å². The number of anilines is 1. The van der Waals surface area contributed by atoms with Crippen molar-refractivity contribution in [1.82, 2.24) is 10.3 Å². The van der Waals surface area contributed by atoms with Crippen molar-refractivity contribution in [2.75, 3.05) is 19.1 Å². The summed E-state index contributed by atoms with van der Waals surface area (Å²) in [5.41, 5.74) is 10.4. The van der Waals surface area contributed by atoms with Crippen molar-refractivity contribution in [2.45, 2.75) is 18.6 Å². The Labute approximate surface area is 135 Å². The van der Waals surface area contributed by atoms with Gasteiger partial charge in [-0.2, -0.15) is 13.2 Å². The molecule has 1 aromatic carbocycles. The minimum atomic E-state index is -4.49. The van der Waals surface area contributed by atoms with E-state index in [0.29, 0.717) is 11.4 Å². The first-order chi connectivity index (χ1) is 11.2. The van der Waals surface area contributed by atoms with Gasteiger partial charge >= 0.3 is 12.2 Å². The summed E-state index contributed by atoms with van der Waals surface area (Å²) in [7, 11) is 1.50. The molecule has 1 saturated heterocycles. The van der Waals surface area contributed by atoms with Gasteiger partial charge in [-0.25, -0.2) is 4.79 Å². The number of benzene rings is 1. The van der Waals surface area contributed by atoms with Gasteiger partial charge in [0.1, 0.15) is 11.8 Å². The number of hydrazine groups is 1. The van der Waals surface area contributed by atoms with Crippen LogP contribution in [0.15, 0.2) is 24.3 Å². The number of likely N-dealkylation sites (tertiary alicyclic amines) is 1. The predicted molar refractivity (Wildman–Crippen MR) is 79.0 cm³/mol. The van der Waals surface area contributed by atoms with E-state index in [1.807, 2.05) is 0 Å². The highest BCUT2D eigenvalue weighted by atomic mass is 19.4. The fourth-order valence-corrected chi connectivity index (χ4v) is 2.46. The number of ether oxygens (including phenoxy) is 1. The van der Waals surface area contributed by atoms with Gasteiger partial charge in [-0.1, -0.05) is 0 Å². The number of nitrogens with one attached hydrogen (secondary N) is 2. The van der Waals surface area contributed by atoms with Gasteiger partial charge in [-0.3, -0.25) is 15.6 Å². The SMILES string of the molecule is COc1ccc(NNC(=O)C2CC(C(F)(F)F)CN2C(N)=O)cc1. The zero-order valence-corrected chi connectivity index (χ0v) is 12.8. The van der Waals surface area contributed by atoms with E-state index in [2.05, 4.69) is 10.9 Å². The first kappa shape index (κ1) is 17.7. The highest BCUT2D eigenvalue weighted by Crippen LogP contribution is 2.36. The van der Waals surface area contributed by atoms with Gasteiger partial charge in [0.25, 0.3) is 5.91 Å². The highest BCUT2D eigenvalue weighted by Gasteiger charge is 2.50. The topological polar surface area (TPSA) is 96.7 Å². The average Bonchev–Trinajstić information content (AvgIpc) is 2.99. The predicted octanol–water partition coefficient (Wildman–Crippen LogP) is 1.47. The number of hydrogen-bond acceptors (Lipinski definition) is 4. The quantitative estimate of drug-likeness (QED) is 0.719. The largest absolute Gasteiger partial charge is 0.497 e. The summed E-state index contributed by atoms with van der Waals surface area (Å²) in [6.45, 7) is -0.626. The Morgan fingerprint density at radius 1 is 1.29 bits per heavy atom. The third kappa shape index (κ3) is 4.00. The molecule has 0 spiro atoms. The molecule has 2 atom stereocenters. The van der Waals surface area contributed by atoms with E-state index < -0.39 is 43.0 Å². The van der Waals surface area contributed by atoms with Crippen LogP contribution in [0.25, 0.3) is 0 Å². The van der Waals surface area contributed by atoms with Crippen LogP contribution in [0.2, 0.25) is 0 Å². The van der Waals surface area contributed by atoms with Crippen molar-refractivity contribution in [2.24, 2.45) is 11.7 Å². The van der Waals surface area contributed by atoms with Crippen LogP contribution in [-0.4, -0.2) is 42.7 Å². The van der Waals surface area contributed by atoms with Crippen LogP contribution in [0.5, 0.6) is 5.75 Å². The molecular weight excluding hydrogens is 329 g/mol. The number of rotatable bonds is 4. The van der Waals surface area contributed by atoms with Crippen LogP contribution >= 0.6 is 0 Å². The summed E-state index contributed by atoms with van der Waals surface area (Å²) in [6, 6.07) is 4.15. The van der Waals surface area contributed by atoms with Crippen LogP contribution in [0, 0.1) is 5.92 Å². The van der Waals surface area contributed by atoms with Gasteiger partial charge in [0.2, 0.25) is 0 Å². The Hall–Kier alpha value is -2.65. The van der Waals surface area contributed by atoms with Gasteiger partial charge in [-0.05, 0) is 30.7 Å². The molecule has 0 bridgehead atoms. The zero-order valence-electron chi connectivity index (χ0n) is 12.8. The van der Waals surface area contributed by atoms with E-state index in [1.54, 1.807) is 24.3 Å². The van der Waals surface area contributed by atoms with Crippen LogP contribution in [0.1, 0.15) is 6.42 Å². The lowest BCUT2D eigenvalue weighted by Gasteiger charge is -2.22. The number of primary amides is 1. The van der Waals surface area contributed by atoms with Crippen molar-refractivity contribution in [3.63, 3.8) is 0 Å². The first-order valence-electron chi connectivity index (χ1n) is 7.05. The minimum absolute atomic E-state index is 0.500. The summed E-state index contributed by atoms with van der Waals surface area (Å²) in [5, 5.41) is 0. The van der Waals surface area contributed by atoms with Crippen LogP contribution < -0.4 is 21.3 Å². The zero-order chi connectivity index (χ0) is 17.9. The molecule has 24 heavy (non-hydrogen) atoms. The molecule has 1 aliphatic heterocycles. The molecule has 0 radical (unpaired) electrons. The molecule has 4 N–H and O–H groups in total. The second-order valence-corrected chi connectivity index (χ2v) is 5.32. The lowest BCUT2D eigenvalue weighted by Crippen LogP contribution is -2.49. The number of nitrogens with two attached hydrogens (primary N) is 1. The number of hydrogen-bond donors (Lipinski definition) is 3. The molecule has 2 unspecified atom stereocenters. The van der Waals surface area contributed by atoms with E-state index in [1.165, 1.54) is 7.11 Å². The van der Waals surface area contributed by atoms with E-state index in [4.69, 9.17) is 10.5 Å². The summed E-state index contributed by atoms with van der Waals surface area (Å²) < 4.78 is 43.4. The van der Waals surface area contributed by atoms with E-state index in [9.17, 15) is 22.8 Å². The fraction of sp³-hybridized carbons (Fsp3) is 0.429. The monoisotopic (exact) mass is 346 g/mol. The van der Waals surface area contributed by atoms with Gasteiger partial charge in [0.15, 0.2) is 0 Å². The maximum absolute atomic E-state index is 12.8. The molecule has 1 heterocycles. The van der Waals surface area contributed by atoms with Gasteiger partial charge in [-0.15, -0.1) is 0 Å². The van der Waals surface area contributed by atoms with Crippen molar-refractivity contribution in [3.05, 3.63) is 24.3 Å². The summed E-state index contributed by atoms with van der Waals surface area (Å²) in [6.07, 6.45) is -5.02. The Balaban J connectivity index is 2.00. The molecule has 1 aliphatic rings. The molecule has 2 rings (SSSR count). The molecule has 10 heteroatoms. The van der Waals surface area contributed by atoms with Gasteiger partial charge in [0.05, 0.1) is 18.7 Å². The third-order valence-electron chi connectivity index (χ3n) is 3.77. The number of methoxy groups -OCH3 is 1. The molecule has 132 valence electrons. The molecule has 0 aliphatic carbocycles. The van der Waals surface area contributed by atoms with Crippen LogP contribution in [0.4, 0.5) is 23.7 Å². The van der Waals surface area contributed by atoms with E-state index >= 15 is 0 Å². The van der Waals surface area contributed by atoms with Crippen molar-refractivity contribution in [3.8, 4) is 5.75 Å². The number of nitrogens with zero attached hydrogens (tertiary/aromatic N) is 1. The Kier molecular flexibility index (Phi) is 5.05. The third-order valence-corrected chi connectivity index (χ3v) is 3.77. The smallest absolute Gasteiger partial charge is 0.393 e. The summed E-state index contributed by atoms with van der Waals surface area (Å²) >= 11 is 0. The van der Waals surface area contributed by atoms with Crippen LogP contribution in [0.3, 0.4) is 0 Å². The number of carbonyl (C=O) groups excluding carboxylic acids is 2. The average molecular weight is 346 g/mol. The number of halogens is 3. The molecular formula is C14H17F3N4O3. The number of carbonyl (C=O) groups is 2. The molecule has 0 saturated carbocycles. The van der Waals surface area contributed by atoms with Crippen LogP contribution in [-0.2, 0) is 4.79 Å². The second-order valence-electron chi connectivity index (χ2n) is 5.32. The second kappa shape index (κ2) is 6.85. The lowest BCUT2D eigenvalue weighted by atomic mass is 10.1. The normalized spacial score (nSPS) is 20.6. The maximum Gasteiger partial charge on any atom is 0.393 e.